The van der Waals surface area contributed by atoms with Crippen molar-refractivity contribution in [3.8, 4) is 5.75 Å². The van der Waals surface area contributed by atoms with Gasteiger partial charge in [-0.3, -0.25) is 9.59 Å². The summed E-state index contributed by atoms with van der Waals surface area (Å²) >= 11 is 0. The quantitative estimate of drug-likeness (QED) is 0.482. The summed E-state index contributed by atoms with van der Waals surface area (Å²) in [5.41, 5.74) is 4.57. The maximum atomic E-state index is 12.2. The van der Waals surface area contributed by atoms with Crippen molar-refractivity contribution in [1.82, 2.24) is 5.43 Å². The minimum atomic E-state index is -0.402. The van der Waals surface area contributed by atoms with Crippen LogP contribution in [0.3, 0.4) is 0 Å². The summed E-state index contributed by atoms with van der Waals surface area (Å²) in [6.07, 6.45) is 1.47. The van der Waals surface area contributed by atoms with Crippen molar-refractivity contribution in [2.75, 3.05) is 5.32 Å². The number of rotatable bonds is 5. The van der Waals surface area contributed by atoms with Crippen molar-refractivity contribution in [3.63, 3.8) is 0 Å². The zero-order chi connectivity index (χ0) is 19.1. The summed E-state index contributed by atoms with van der Waals surface area (Å²) in [6.45, 7) is 0. The summed E-state index contributed by atoms with van der Waals surface area (Å²) in [4.78, 5) is 24.4. The Labute approximate surface area is 156 Å². The highest BCUT2D eigenvalue weighted by molar-refractivity contribution is 6.05. The van der Waals surface area contributed by atoms with E-state index >= 15 is 0 Å². The molecule has 0 saturated carbocycles. The molecule has 0 unspecified atom stereocenters. The molecular formula is C21H17N3O3. The molecular weight excluding hydrogens is 342 g/mol. The second kappa shape index (κ2) is 8.44. The lowest BCUT2D eigenvalue weighted by Crippen LogP contribution is -2.18. The van der Waals surface area contributed by atoms with Gasteiger partial charge in [0.15, 0.2) is 0 Å². The van der Waals surface area contributed by atoms with Crippen LogP contribution in [0.25, 0.3) is 0 Å². The molecule has 0 atom stereocenters. The predicted octanol–water partition coefficient (Wildman–Crippen LogP) is 3.41. The van der Waals surface area contributed by atoms with Crippen LogP contribution in [0.5, 0.6) is 5.75 Å². The van der Waals surface area contributed by atoms with Gasteiger partial charge in [-0.1, -0.05) is 24.3 Å². The molecule has 6 nitrogen and oxygen atoms in total. The van der Waals surface area contributed by atoms with Crippen molar-refractivity contribution >= 4 is 23.7 Å². The van der Waals surface area contributed by atoms with Crippen LogP contribution >= 0.6 is 0 Å². The van der Waals surface area contributed by atoms with E-state index in [1.54, 1.807) is 60.7 Å². The van der Waals surface area contributed by atoms with Crippen molar-refractivity contribution in [2.24, 2.45) is 5.10 Å². The van der Waals surface area contributed by atoms with Crippen LogP contribution in [0.2, 0.25) is 0 Å². The molecule has 0 radical (unpaired) electrons. The van der Waals surface area contributed by atoms with E-state index in [-0.39, 0.29) is 11.7 Å². The van der Waals surface area contributed by atoms with Gasteiger partial charge in [-0.2, -0.15) is 5.10 Å². The fourth-order valence-electron chi connectivity index (χ4n) is 2.32. The first-order valence-electron chi connectivity index (χ1n) is 8.21. The first-order chi connectivity index (χ1) is 13.1. The third-order valence-electron chi connectivity index (χ3n) is 3.69. The van der Waals surface area contributed by atoms with E-state index in [4.69, 9.17) is 0 Å². The molecule has 134 valence electrons. The fourth-order valence-corrected chi connectivity index (χ4v) is 2.32. The van der Waals surface area contributed by atoms with Crippen molar-refractivity contribution < 1.29 is 14.7 Å². The number of aromatic hydroxyl groups is 1. The molecule has 0 aliphatic heterocycles. The van der Waals surface area contributed by atoms with Crippen molar-refractivity contribution in [3.05, 3.63) is 95.6 Å². The van der Waals surface area contributed by atoms with Gasteiger partial charge < -0.3 is 10.4 Å². The zero-order valence-electron chi connectivity index (χ0n) is 14.3. The number of hydrogen-bond donors (Lipinski definition) is 3. The maximum absolute atomic E-state index is 12.2. The summed E-state index contributed by atoms with van der Waals surface area (Å²) in [7, 11) is 0. The van der Waals surface area contributed by atoms with E-state index in [2.05, 4.69) is 15.8 Å². The Morgan fingerprint density at radius 3 is 2.26 bits per heavy atom. The van der Waals surface area contributed by atoms with Gasteiger partial charge in [0, 0.05) is 16.8 Å². The van der Waals surface area contributed by atoms with Gasteiger partial charge in [-0.15, -0.1) is 0 Å². The molecule has 0 heterocycles. The lowest BCUT2D eigenvalue weighted by molar-refractivity contribution is 0.0953. The average Bonchev–Trinajstić information content (AvgIpc) is 2.70. The molecule has 0 saturated heterocycles. The number of carbonyl (C=O) groups is 2. The Hall–Kier alpha value is -3.93. The highest BCUT2D eigenvalue weighted by Crippen LogP contribution is 2.13. The number of benzene rings is 3. The van der Waals surface area contributed by atoms with Gasteiger partial charge in [0.25, 0.3) is 11.8 Å². The summed E-state index contributed by atoms with van der Waals surface area (Å²) < 4.78 is 0. The lowest BCUT2D eigenvalue weighted by atomic mass is 10.1. The van der Waals surface area contributed by atoms with Gasteiger partial charge in [-0.25, -0.2) is 5.43 Å². The van der Waals surface area contributed by atoms with Crippen LogP contribution in [-0.2, 0) is 0 Å². The monoisotopic (exact) mass is 359 g/mol. The Kier molecular flexibility index (Phi) is 5.59. The van der Waals surface area contributed by atoms with E-state index in [0.717, 1.165) is 5.56 Å². The van der Waals surface area contributed by atoms with E-state index in [1.807, 2.05) is 6.07 Å². The van der Waals surface area contributed by atoms with Gasteiger partial charge >= 0.3 is 0 Å². The average molecular weight is 359 g/mol. The van der Waals surface area contributed by atoms with Crippen LogP contribution < -0.4 is 10.7 Å². The highest BCUT2D eigenvalue weighted by atomic mass is 16.3. The molecule has 0 aromatic heterocycles. The summed E-state index contributed by atoms with van der Waals surface area (Å²) in [5, 5.41) is 15.9. The molecule has 3 rings (SSSR count). The van der Waals surface area contributed by atoms with Crippen LogP contribution in [0, 0.1) is 0 Å². The van der Waals surface area contributed by atoms with Gasteiger partial charge in [-0.05, 0) is 60.2 Å². The third-order valence-corrected chi connectivity index (χ3v) is 3.69. The van der Waals surface area contributed by atoms with Crippen molar-refractivity contribution in [1.29, 1.82) is 0 Å². The Morgan fingerprint density at radius 1 is 0.815 bits per heavy atom. The normalized spacial score (nSPS) is 10.5. The van der Waals surface area contributed by atoms with E-state index in [9.17, 15) is 14.7 Å². The van der Waals surface area contributed by atoms with Gasteiger partial charge in [0.1, 0.15) is 5.75 Å². The summed E-state index contributed by atoms with van der Waals surface area (Å²) in [5.74, 6) is -0.495. The first-order valence-corrected chi connectivity index (χ1v) is 8.21. The molecule has 2 amide bonds. The van der Waals surface area contributed by atoms with Crippen LogP contribution in [-0.4, -0.2) is 23.1 Å². The molecule has 0 fully saturated rings. The second-order valence-corrected chi connectivity index (χ2v) is 5.69. The van der Waals surface area contributed by atoms with Crippen LogP contribution in [0.4, 0.5) is 5.69 Å². The van der Waals surface area contributed by atoms with Crippen molar-refractivity contribution in [2.45, 2.75) is 0 Å². The number of amides is 2. The number of nitrogens with one attached hydrogen (secondary N) is 2. The van der Waals surface area contributed by atoms with Crippen LogP contribution in [0.15, 0.2) is 84.0 Å². The Morgan fingerprint density at radius 2 is 1.52 bits per heavy atom. The standard InChI is InChI=1S/C21H17N3O3/c25-19-11-9-15(10-12-19)14-22-24-21(27)17-7-4-8-18(13-17)23-20(26)16-5-2-1-3-6-16/h1-14,25H,(H,23,26)(H,24,27)/b22-14+. The molecule has 0 spiro atoms. The molecule has 0 aliphatic rings. The number of phenols is 1. The fraction of sp³-hybridized carbons (Fsp3) is 0. The lowest BCUT2D eigenvalue weighted by Gasteiger charge is -2.07. The van der Waals surface area contributed by atoms with E-state index in [0.29, 0.717) is 16.8 Å². The molecule has 6 heteroatoms. The number of hydrazone groups is 1. The topological polar surface area (TPSA) is 90.8 Å². The van der Waals surface area contributed by atoms with Crippen LogP contribution in [0.1, 0.15) is 26.3 Å². The number of phenolic OH excluding ortho intramolecular Hbond substituents is 1. The molecule has 3 aromatic rings. The van der Waals surface area contributed by atoms with Gasteiger partial charge in [0.05, 0.1) is 6.21 Å². The maximum Gasteiger partial charge on any atom is 0.271 e. The number of carbonyl (C=O) groups excluding carboxylic acids is 2. The zero-order valence-corrected chi connectivity index (χ0v) is 14.3. The molecule has 0 bridgehead atoms. The minimum Gasteiger partial charge on any atom is -0.508 e. The van der Waals surface area contributed by atoms with E-state index < -0.39 is 5.91 Å². The SMILES string of the molecule is O=C(N/N=C/c1ccc(O)cc1)c1cccc(NC(=O)c2ccccc2)c1. The molecule has 0 aliphatic carbocycles. The van der Waals surface area contributed by atoms with E-state index in [1.165, 1.54) is 18.3 Å². The largest absolute Gasteiger partial charge is 0.508 e. The Balaban J connectivity index is 1.63. The third kappa shape index (κ3) is 5.02. The molecule has 3 N–H and O–H groups in total. The Bertz CT molecular complexity index is 967. The number of nitrogens with zero attached hydrogens (tertiary/aromatic N) is 1. The summed E-state index contributed by atoms with van der Waals surface area (Å²) in [6, 6.07) is 21.8. The minimum absolute atomic E-state index is 0.158. The predicted molar refractivity (Wildman–Crippen MR) is 104 cm³/mol. The molecule has 27 heavy (non-hydrogen) atoms. The molecule has 3 aromatic carbocycles. The number of hydrogen-bond acceptors (Lipinski definition) is 4. The number of anilines is 1. The second-order valence-electron chi connectivity index (χ2n) is 5.69. The van der Waals surface area contributed by atoms with Gasteiger partial charge in [0.2, 0.25) is 0 Å². The smallest absolute Gasteiger partial charge is 0.271 e. The first kappa shape index (κ1) is 17.9. The highest BCUT2D eigenvalue weighted by Gasteiger charge is 2.08.